The van der Waals surface area contributed by atoms with Gasteiger partial charge in [-0.3, -0.25) is 0 Å². The molecule has 0 saturated carbocycles. The van der Waals surface area contributed by atoms with Gasteiger partial charge in [0.2, 0.25) is 0 Å². The normalized spacial score (nSPS) is 10.8. The quantitative estimate of drug-likeness (QED) is 0.475. The molecule has 0 aliphatic carbocycles. The van der Waals surface area contributed by atoms with Gasteiger partial charge in [0.05, 0.1) is 0 Å². The monoisotopic (exact) mass is 300 g/mol. The summed E-state index contributed by atoms with van der Waals surface area (Å²) in [4.78, 5) is 5.36. The smallest absolute Gasteiger partial charge is 0.142 e. The molecule has 0 saturated heterocycles. The Bertz CT molecular complexity index is 776. The van der Waals surface area contributed by atoms with Crippen molar-refractivity contribution in [1.82, 2.24) is 0 Å². The third-order valence-electron chi connectivity index (χ3n) is 3.56. The van der Waals surface area contributed by atoms with Crippen molar-refractivity contribution >= 4 is 6.21 Å². The van der Waals surface area contributed by atoms with Crippen molar-refractivity contribution in [3.05, 3.63) is 95.6 Å². The number of nitrogens with zero attached hydrogens (tertiary/aromatic N) is 1. The second-order valence-corrected chi connectivity index (χ2v) is 5.41. The first-order valence-corrected chi connectivity index (χ1v) is 7.60. The van der Waals surface area contributed by atoms with Crippen molar-refractivity contribution in [2.45, 2.75) is 13.5 Å². The molecule has 0 atom stereocenters. The maximum absolute atomic E-state index is 5.36. The summed E-state index contributed by atoms with van der Waals surface area (Å²) in [5, 5.41) is 3.92. The van der Waals surface area contributed by atoms with Crippen LogP contribution in [0.15, 0.2) is 84.0 Å². The van der Waals surface area contributed by atoms with E-state index in [1.54, 1.807) is 0 Å². The van der Waals surface area contributed by atoms with Gasteiger partial charge >= 0.3 is 0 Å². The number of hydrogen-bond donors (Lipinski definition) is 0. The zero-order valence-corrected chi connectivity index (χ0v) is 13.1. The van der Waals surface area contributed by atoms with E-state index in [0.717, 1.165) is 11.1 Å². The Morgan fingerprint density at radius 1 is 0.826 bits per heavy atom. The van der Waals surface area contributed by atoms with Gasteiger partial charge in [0.1, 0.15) is 12.8 Å². The van der Waals surface area contributed by atoms with Crippen molar-refractivity contribution in [1.29, 1.82) is 0 Å². The molecule has 0 fully saturated rings. The van der Waals surface area contributed by atoms with E-state index >= 15 is 0 Å². The molecule has 3 aromatic rings. The fraction of sp³-hybridized carbons (Fsp3) is 0.0952. The molecular weight excluding hydrogens is 282 g/mol. The van der Waals surface area contributed by atoms with E-state index < -0.39 is 0 Å². The number of aryl methyl sites for hydroxylation is 1. The highest BCUT2D eigenvalue weighted by Gasteiger charge is 1.99. The molecule has 0 amide bonds. The Morgan fingerprint density at radius 3 is 2.35 bits per heavy atom. The molecule has 23 heavy (non-hydrogen) atoms. The zero-order chi connectivity index (χ0) is 15.9. The van der Waals surface area contributed by atoms with Crippen LogP contribution in [0.25, 0.3) is 11.1 Å². The van der Waals surface area contributed by atoms with Crippen LogP contribution in [0, 0.1) is 6.92 Å². The Labute approximate surface area is 137 Å². The lowest BCUT2D eigenvalue weighted by Crippen LogP contribution is -1.89. The van der Waals surface area contributed by atoms with Gasteiger partial charge in [0.25, 0.3) is 0 Å². The average Bonchev–Trinajstić information content (AvgIpc) is 2.61. The van der Waals surface area contributed by atoms with Crippen LogP contribution >= 0.6 is 0 Å². The Kier molecular flexibility index (Phi) is 4.85. The van der Waals surface area contributed by atoms with E-state index in [9.17, 15) is 0 Å². The van der Waals surface area contributed by atoms with Crippen molar-refractivity contribution in [2.75, 3.05) is 0 Å². The summed E-state index contributed by atoms with van der Waals surface area (Å²) < 4.78 is 0. The molecular formula is C21H18NO. The number of hydrogen-bond acceptors (Lipinski definition) is 2. The summed E-state index contributed by atoms with van der Waals surface area (Å²) in [6.45, 7) is 2.48. The first-order valence-electron chi connectivity index (χ1n) is 7.60. The van der Waals surface area contributed by atoms with Crippen LogP contribution in [0.3, 0.4) is 0 Å². The summed E-state index contributed by atoms with van der Waals surface area (Å²) in [6, 6.07) is 26.6. The average molecular weight is 300 g/mol. The van der Waals surface area contributed by atoms with Crippen molar-refractivity contribution < 1.29 is 4.84 Å². The maximum atomic E-state index is 5.36. The number of rotatable bonds is 5. The summed E-state index contributed by atoms with van der Waals surface area (Å²) in [5.74, 6) is 0. The molecule has 0 spiro atoms. The predicted molar refractivity (Wildman–Crippen MR) is 94.4 cm³/mol. The molecule has 0 bridgehead atoms. The maximum Gasteiger partial charge on any atom is 0.142 e. The van der Waals surface area contributed by atoms with E-state index in [1.807, 2.05) is 54.6 Å². The van der Waals surface area contributed by atoms with Crippen molar-refractivity contribution in [3.63, 3.8) is 0 Å². The van der Waals surface area contributed by atoms with Crippen LogP contribution in [0.5, 0.6) is 0 Å². The summed E-state index contributed by atoms with van der Waals surface area (Å²) >= 11 is 0. The van der Waals surface area contributed by atoms with Gasteiger partial charge in [-0.2, -0.15) is 0 Å². The summed E-state index contributed by atoms with van der Waals surface area (Å²) in [7, 11) is 0. The summed E-state index contributed by atoms with van der Waals surface area (Å²) in [5.41, 5.74) is 5.59. The Balaban J connectivity index is 1.61. The van der Waals surface area contributed by atoms with Gasteiger partial charge in [-0.05, 0) is 29.7 Å². The predicted octanol–water partition coefficient (Wildman–Crippen LogP) is 5.09. The third-order valence-corrected chi connectivity index (χ3v) is 3.56. The minimum Gasteiger partial charge on any atom is -0.390 e. The molecule has 2 heteroatoms. The van der Waals surface area contributed by atoms with Crippen molar-refractivity contribution in [3.8, 4) is 11.1 Å². The SMILES string of the molecule is Cc1ccc(/[C]=N\OCc2cccc(-c3ccccc3)c2)cc1. The first-order chi connectivity index (χ1) is 11.3. The van der Waals surface area contributed by atoms with Gasteiger partial charge in [0.15, 0.2) is 0 Å². The topological polar surface area (TPSA) is 21.6 Å². The van der Waals surface area contributed by atoms with Crippen LogP contribution in [-0.2, 0) is 11.4 Å². The first kappa shape index (κ1) is 15.0. The van der Waals surface area contributed by atoms with E-state index in [1.165, 1.54) is 16.7 Å². The van der Waals surface area contributed by atoms with Gasteiger partial charge < -0.3 is 4.84 Å². The van der Waals surface area contributed by atoms with Gasteiger partial charge in [0, 0.05) is 5.56 Å². The largest absolute Gasteiger partial charge is 0.390 e. The minimum atomic E-state index is 0.430. The lowest BCUT2D eigenvalue weighted by Gasteiger charge is -2.04. The molecule has 2 nitrogen and oxygen atoms in total. The van der Waals surface area contributed by atoms with Crippen LogP contribution in [0.1, 0.15) is 16.7 Å². The van der Waals surface area contributed by atoms with E-state index in [0.29, 0.717) is 6.61 Å². The van der Waals surface area contributed by atoms with E-state index in [-0.39, 0.29) is 0 Å². The fourth-order valence-corrected chi connectivity index (χ4v) is 2.29. The molecule has 0 aliphatic rings. The van der Waals surface area contributed by atoms with Crippen LogP contribution in [0.4, 0.5) is 0 Å². The highest BCUT2D eigenvalue weighted by molar-refractivity contribution is 5.79. The van der Waals surface area contributed by atoms with Crippen LogP contribution in [-0.4, -0.2) is 6.21 Å². The van der Waals surface area contributed by atoms with Crippen LogP contribution < -0.4 is 0 Å². The van der Waals surface area contributed by atoms with Gasteiger partial charge in [-0.15, -0.1) is 0 Å². The van der Waals surface area contributed by atoms with Crippen LogP contribution in [0.2, 0.25) is 0 Å². The zero-order valence-electron chi connectivity index (χ0n) is 13.1. The lowest BCUT2D eigenvalue weighted by molar-refractivity contribution is 0.132. The number of benzene rings is 3. The van der Waals surface area contributed by atoms with Gasteiger partial charge in [-0.1, -0.05) is 83.5 Å². The molecule has 3 rings (SSSR count). The molecule has 0 aromatic heterocycles. The second kappa shape index (κ2) is 7.41. The molecule has 3 aromatic carbocycles. The molecule has 1 radical (unpaired) electrons. The Morgan fingerprint density at radius 2 is 1.57 bits per heavy atom. The molecule has 0 aliphatic heterocycles. The molecule has 0 N–H and O–H groups in total. The standard InChI is InChI=1S/C21H18NO/c1-17-10-12-18(13-11-17)15-22-23-16-19-6-5-9-21(14-19)20-7-3-2-4-8-20/h2-14H,16H2,1H3. The second-order valence-electron chi connectivity index (χ2n) is 5.41. The molecule has 0 heterocycles. The van der Waals surface area contributed by atoms with Crippen molar-refractivity contribution in [2.24, 2.45) is 5.16 Å². The lowest BCUT2D eigenvalue weighted by atomic mass is 10.0. The highest BCUT2D eigenvalue weighted by atomic mass is 16.6. The fourth-order valence-electron chi connectivity index (χ4n) is 2.29. The summed E-state index contributed by atoms with van der Waals surface area (Å²) in [6.07, 6.45) is 2.89. The third kappa shape index (κ3) is 4.30. The van der Waals surface area contributed by atoms with E-state index in [2.05, 4.69) is 42.6 Å². The molecule has 0 unspecified atom stereocenters. The van der Waals surface area contributed by atoms with Gasteiger partial charge in [-0.25, -0.2) is 0 Å². The van der Waals surface area contributed by atoms with E-state index in [4.69, 9.17) is 4.84 Å². The minimum absolute atomic E-state index is 0.430. The molecule has 113 valence electrons. The highest BCUT2D eigenvalue weighted by Crippen LogP contribution is 2.20. The Hall–Kier alpha value is -2.87.